The summed E-state index contributed by atoms with van der Waals surface area (Å²) in [6.45, 7) is 7.66. The number of carbonyl (C=O) groups excluding carboxylic acids is 2. The van der Waals surface area contributed by atoms with E-state index >= 15 is 4.39 Å². The van der Waals surface area contributed by atoms with Crippen molar-refractivity contribution in [3.63, 3.8) is 0 Å². The first-order valence-corrected chi connectivity index (χ1v) is 17.5. The summed E-state index contributed by atoms with van der Waals surface area (Å²) in [5, 5.41) is 0.843. The SMILES string of the molecule is COC[C@H]1CN(c2cc(C)c3c4c(c(=O)oc3c2C)CN(C(=O)c2cc(N)c(C(=O)NS(=O)(=O)N3CCCC3)cc2F)CC4)CCN1C. The van der Waals surface area contributed by atoms with E-state index in [9.17, 15) is 22.8 Å². The molecular weight excluding hydrogens is 643 g/mol. The predicted molar refractivity (Wildman–Crippen MR) is 179 cm³/mol. The summed E-state index contributed by atoms with van der Waals surface area (Å²) in [5.41, 5.74) is 8.90. The Kier molecular flexibility index (Phi) is 9.24. The van der Waals surface area contributed by atoms with Crippen molar-refractivity contribution in [2.24, 2.45) is 0 Å². The number of anilines is 2. The highest BCUT2D eigenvalue weighted by Crippen LogP contribution is 2.36. The molecule has 3 aromatic rings. The highest BCUT2D eigenvalue weighted by Gasteiger charge is 2.33. The van der Waals surface area contributed by atoms with Crippen molar-refractivity contribution in [2.45, 2.75) is 45.7 Å². The number of likely N-dealkylation sites (N-methyl/N-ethyl adjacent to an activating group) is 1. The lowest BCUT2D eigenvalue weighted by Crippen LogP contribution is -2.53. The van der Waals surface area contributed by atoms with E-state index in [2.05, 4.69) is 22.9 Å². The van der Waals surface area contributed by atoms with E-state index in [1.165, 1.54) is 4.90 Å². The molecular formula is C33H41FN6O7S. The molecule has 2 fully saturated rings. The highest BCUT2D eigenvalue weighted by atomic mass is 32.2. The van der Waals surface area contributed by atoms with Gasteiger partial charge in [-0.1, -0.05) is 0 Å². The Morgan fingerprint density at radius 1 is 1.06 bits per heavy atom. The van der Waals surface area contributed by atoms with Crippen LogP contribution in [-0.2, 0) is 27.9 Å². The summed E-state index contributed by atoms with van der Waals surface area (Å²) in [7, 11) is -0.337. The van der Waals surface area contributed by atoms with Crippen LogP contribution < -0.4 is 21.0 Å². The topological polar surface area (TPSA) is 159 Å². The van der Waals surface area contributed by atoms with Crippen molar-refractivity contribution >= 4 is 44.4 Å². The third-order valence-electron chi connectivity index (χ3n) is 9.79. The molecule has 0 aliphatic carbocycles. The van der Waals surface area contributed by atoms with Crippen LogP contribution in [0.25, 0.3) is 11.0 Å². The summed E-state index contributed by atoms with van der Waals surface area (Å²) in [6.07, 6.45) is 1.70. The molecule has 48 heavy (non-hydrogen) atoms. The third-order valence-corrected chi connectivity index (χ3v) is 11.3. The lowest BCUT2D eigenvalue weighted by molar-refractivity contribution is 0.0727. The number of aryl methyl sites for hydroxylation is 2. The number of nitrogens with zero attached hydrogens (tertiary/aromatic N) is 4. The van der Waals surface area contributed by atoms with Gasteiger partial charge in [0.2, 0.25) is 0 Å². The first kappa shape index (κ1) is 33.8. The van der Waals surface area contributed by atoms with E-state index in [-0.39, 0.29) is 37.9 Å². The summed E-state index contributed by atoms with van der Waals surface area (Å²) >= 11 is 0. The Hall–Kier alpha value is -4.05. The number of benzene rings is 2. The van der Waals surface area contributed by atoms with Crippen molar-refractivity contribution in [3.8, 4) is 0 Å². The van der Waals surface area contributed by atoms with E-state index in [0.717, 1.165) is 63.8 Å². The van der Waals surface area contributed by atoms with E-state index in [1.807, 2.05) is 18.6 Å². The third kappa shape index (κ3) is 6.15. The van der Waals surface area contributed by atoms with E-state index in [1.54, 1.807) is 7.11 Å². The van der Waals surface area contributed by atoms with Crippen LogP contribution in [0.2, 0.25) is 0 Å². The highest BCUT2D eigenvalue weighted by molar-refractivity contribution is 7.87. The number of carbonyl (C=O) groups is 2. The maximum Gasteiger partial charge on any atom is 0.341 e. The largest absolute Gasteiger partial charge is 0.422 e. The number of ether oxygens (including phenoxy) is 1. The van der Waals surface area contributed by atoms with E-state index < -0.39 is 44.6 Å². The van der Waals surface area contributed by atoms with E-state index in [4.69, 9.17) is 14.9 Å². The van der Waals surface area contributed by atoms with Gasteiger partial charge in [0.1, 0.15) is 11.4 Å². The van der Waals surface area contributed by atoms with Crippen molar-refractivity contribution in [2.75, 3.05) is 70.7 Å². The minimum Gasteiger partial charge on any atom is -0.422 e. The monoisotopic (exact) mass is 684 g/mol. The number of halogens is 1. The molecule has 2 amide bonds. The maximum absolute atomic E-state index is 15.4. The molecule has 1 atom stereocenters. The molecule has 1 aromatic heterocycles. The smallest absolute Gasteiger partial charge is 0.341 e. The van der Waals surface area contributed by atoms with Crippen molar-refractivity contribution < 1.29 is 31.6 Å². The number of nitrogens with one attached hydrogen (secondary N) is 1. The molecule has 3 N–H and O–H groups in total. The van der Waals surface area contributed by atoms with Gasteiger partial charge in [-0.3, -0.25) is 14.5 Å². The van der Waals surface area contributed by atoms with Gasteiger partial charge in [0.15, 0.2) is 0 Å². The second-order valence-corrected chi connectivity index (χ2v) is 14.5. The second-order valence-electron chi connectivity index (χ2n) is 12.9. The van der Waals surface area contributed by atoms with Gasteiger partial charge in [-0.2, -0.15) is 12.7 Å². The molecule has 4 heterocycles. The number of hydrogen-bond acceptors (Lipinski definition) is 10. The van der Waals surface area contributed by atoms with Gasteiger partial charge in [-0.15, -0.1) is 0 Å². The lowest BCUT2D eigenvalue weighted by atomic mass is 9.92. The molecule has 13 nitrogen and oxygen atoms in total. The van der Waals surface area contributed by atoms with Crippen molar-refractivity contribution in [1.82, 2.24) is 18.8 Å². The summed E-state index contributed by atoms with van der Waals surface area (Å²) in [5.74, 6) is -2.85. The molecule has 258 valence electrons. The maximum atomic E-state index is 15.4. The van der Waals surface area contributed by atoms with Crippen LogP contribution in [0.5, 0.6) is 0 Å². The number of fused-ring (bicyclic) bond motifs is 3. The number of rotatable bonds is 7. The quantitative estimate of drug-likeness (QED) is 0.279. The lowest BCUT2D eigenvalue weighted by Gasteiger charge is -2.41. The normalized spacial score (nSPS) is 19.1. The van der Waals surface area contributed by atoms with Gasteiger partial charge in [-0.05, 0) is 69.5 Å². The molecule has 3 aliphatic heterocycles. The Balaban J connectivity index is 1.25. The molecule has 3 aliphatic rings. The van der Waals surface area contributed by atoms with Crippen molar-refractivity contribution in [1.29, 1.82) is 0 Å². The van der Waals surface area contributed by atoms with Crippen LogP contribution >= 0.6 is 0 Å². The van der Waals surface area contributed by atoms with Crippen LogP contribution in [0.15, 0.2) is 27.4 Å². The molecule has 15 heteroatoms. The average molecular weight is 685 g/mol. The van der Waals surface area contributed by atoms with Gasteiger partial charge in [-0.25, -0.2) is 13.9 Å². The molecule has 0 radical (unpaired) electrons. The van der Waals surface area contributed by atoms with Gasteiger partial charge >= 0.3 is 15.8 Å². The first-order valence-electron chi connectivity index (χ1n) is 16.0. The first-order chi connectivity index (χ1) is 22.8. The zero-order valence-corrected chi connectivity index (χ0v) is 28.4. The van der Waals surface area contributed by atoms with Crippen LogP contribution in [-0.4, -0.2) is 100 Å². The Morgan fingerprint density at radius 3 is 2.50 bits per heavy atom. The molecule has 6 rings (SSSR count). The summed E-state index contributed by atoms with van der Waals surface area (Å²) < 4.78 is 54.9. The second kappa shape index (κ2) is 13.1. The predicted octanol–water partition coefficient (Wildman–Crippen LogP) is 2.17. The van der Waals surface area contributed by atoms with Crippen LogP contribution in [0, 0.1) is 19.7 Å². The standard InChI is InChI=1S/C33H41FN6O7S/c1-19-13-28(38-12-11-37(3)21(16-38)18-46-4)20(2)30-29(19)22-7-10-39(17-25(22)33(43)47-30)32(42)23-15-27(35)24(14-26(23)34)31(41)36-48(44,45)40-8-5-6-9-40/h13-15,21H,5-12,16-18,35H2,1-4H3,(H,36,41)/t21-/m1/s1. The number of nitrogens with two attached hydrogens (primary N) is 1. The van der Waals surface area contributed by atoms with Crippen LogP contribution in [0.4, 0.5) is 15.8 Å². The summed E-state index contributed by atoms with van der Waals surface area (Å²) in [4.78, 5) is 45.7. The fourth-order valence-corrected chi connectivity index (χ4v) is 8.29. The zero-order valence-electron chi connectivity index (χ0n) is 27.6. The van der Waals surface area contributed by atoms with Crippen LogP contribution in [0.1, 0.15) is 55.8 Å². The van der Waals surface area contributed by atoms with Crippen molar-refractivity contribution in [3.05, 3.63) is 67.8 Å². The average Bonchev–Trinajstić information content (AvgIpc) is 3.61. The Morgan fingerprint density at radius 2 is 1.79 bits per heavy atom. The van der Waals surface area contributed by atoms with Crippen LogP contribution in [0.3, 0.4) is 0 Å². The Bertz CT molecular complexity index is 1960. The number of hydrogen-bond donors (Lipinski definition) is 2. The molecule has 2 saturated heterocycles. The number of piperazine rings is 1. The van der Waals surface area contributed by atoms with Gasteiger partial charge in [0.25, 0.3) is 11.8 Å². The summed E-state index contributed by atoms with van der Waals surface area (Å²) in [6, 6.07) is 4.14. The molecule has 0 unspecified atom stereocenters. The fraction of sp³-hybridized carbons (Fsp3) is 0.485. The van der Waals surface area contributed by atoms with E-state index in [0.29, 0.717) is 37.0 Å². The molecule has 0 saturated carbocycles. The molecule has 0 bridgehead atoms. The number of nitrogen functional groups attached to an aromatic ring is 1. The molecule has 2 aromatic carbocycles. The zero-order chi connectivity index (χ0) is 34.5. The molecule has 0 spiro atoms. The minimum atomic E-state index is -4.12. The van der Waals surface area contributed by atoms with Gasteiger partial charge in [0, 0.05) is 68.7 Å². The van der Waals surface area contributed by atoms with Gasteiger partial charge < -0.3 is 24.7 Å². The fourth-order valence-electron chi connectivity index (χ4n) is 7.08. The van der Waals surface area contributed by atoms with Gasteiger partial charge in [0.05, 0.1) is 35.9 Å². The number of amides is 2. The Labute approximate surface area is 278 Å². The minimum absolute atomic E-state index is 0.0977. The number of methoxy groups -OCH3 is 1.